The van der Waals surface area contributed by atoms with Crippen molar-refractivity contribution in [2.75, 3.05) is 18.1 Å². The number of carbonyl (C=O) groups is 1. The Morgan fingerprint density at radius 2 is 2.30 bits per heavy atom. The number of aliphatic hydroxyl groups excluding tert-OH is 1. The van der Waals surface area contributed by atoms with Crippen molar-refractivity contribution in [2.45, 2.75) is 31.7 Å². The summed E-state index contributed by atoms with van der Waals surface area (Å²) in [4.78, 5) is 23.5. The van der Waals surface area contributed by atoms with Gasteiger partial charge in [-0.15, -0.1) is 0 Å². The monoisotopic (exact) mass is 278 g/mol. The van der Waals surface area contributed by atoms with Crippen molar-refractivity contribution in [3.63, 3.8) is 0 Å². The molecule has 1 aromatic rings. The van der Waals surface area contributed by atoms with E-state index in [1.54, 1.807) is 12.1 Å². The van der Waals surface area contributed by atoms with E-state index in [1.165, 1.54) is 6.07 Å². The first-order valence-corrected chi connectivity index (χ1v) is 6.78. The zero-order valence-corrected chi connectivity index (χ0v) is 11.2. The second-order valence-electron chi connectivity index (χ2n) is 4.97. The number of nitrogens with zero attached hydrogens (tertiary/aromatic N) is 2. The molecule has 6 nitrogen and oxygen atoms in total. The fourth-order valence-corrected chi connectivity index (χ4v) is 2.78. The fraction of sp³-hybridized carbons (Fsp3) is 0.500. The zero-order chi connectivity index (χ0) is 14.5. The predicted octanol–water partition coefficient (Wildman–Crippen LogP) is 2.15. The third-order valence-electron chi connectivity index (χ3n) is 3.74. The summed E-state index contributed by atoms with van der Waals surface area (Å²) >= 11 is 0. The van der Waals surface area contributed by atoms with E-state index in [4.69, 9.17) is 5.11 Å². The first-order valence-electron chi connectivity index (χ1n) is 6.78. The van der Waals surface area contributed by atoms with Gasteiger partial charge in [0.05, 0.1) is 10.5 Å². The molecule has 0 aromatic heterocycles. The highest BCUT2D eigenvalue weighted by Crippen LogP contribution is 2.31. The molecule has 1 aliphatic heterocycles. The van der Waals surface area contributed by atoms with Crippen LogP contribution in [0.2, 0.25) is 0 Å². The van der Waals surface area contributed by atoms with E-state index < -0.39 is 4.92 Å². The average Bonchev–Trinajstić information content (AvgIpc) is 2.92. The highest BCUT2D eigenvalue weighted by Gasteiger charge is 2.25. The molecule has 1 atom stereocenters. The van der Waals surface area contributed by atoms with Crippen LogP contribution in [0, 0.1) is 10.1 Å². The molecule has 0 spiro atoms. The summed E-state index contributed by atoms with van der Waals surface area (Å²) in [6.07, 6.45) is 4.27. The zero-order valence-electron chi connectivity index (χ0n) is 11.2. The molecule has 6 heteroatoms. The quantitative estimate of drug-likeness (QED) is 0.489. The lowest BCUT2D eigenvalue weighted by Gasteiger charge is -2.27. The van der Waals surface area contributed by atoms with Crippen molar-refractivity contribution >= 4 is 17.7 Å². The molecule has 1 aromatic carbocycles. The Hall–Kier alpha value is -1.95. The summed E-state index contributed by atoms with van der Waals surface area (Å²) < 4.78 is 0. The van der Waals surface area contributed by atoms with Gasteiger partial charge in [-0.25, -0.2) is 0 Å². The summed E-state index contributed by atoms with van der Waals surface area (Å²) in [5, 5.41) is 19.7. The molecule has 1 unspecified atom stereocenters. The SMILES string of the molecule is O=Cc1cc(N2CCCC2CCCO)ccc1[N+](=O)[O-]. The van der Waals surface area contributed by atoms with Crippen molar-refractivity contribution in [1.29, 1.82) is 0 Å². The Morgan fingerprint density at radius 3 is 2.95 bits per heavy atom. The summed E-state index contributed by atoms with van der Waals surface area (Å²) in [6.45, 7) is 1.05. The van der Waals surface area contributed by atoms with Crippen LogP contribution in [0.1, 0.15) is 36.0 Å². The molecule has 1 aliphatic rings. The number of nitro benzene ring substituents is 1. The van der Waals surface area contributed by atoms with Crippen LogP contribution in [0.3, 0.4) is 0 Å². The minimum atomic E-state index is -0.541. The predicted molar refractivity (Wildman–Crippen MR) is 75.2 cm³/mol. The standard InChI is InChI=1S/C14H18N2O4/c17-8-2-4-12-3-1-7-15(12)13-5-6-14(16(19)20)11(9-13)10-18/h5-6,9-10,12,17H,1-4,7-8H2. The van der Waals surface area contributed by atoms with Crippen LogP contribution in [0.25, 0.3) is 0 Å². The van der Waals surface area contributed by atoms with Crippen molar-refractivity contribution in [1.82, 2.24) is 0 Å². The fourth-order valence-electron chi connectivity index (χ4n) is 2.78. The largest absolute Gasteiger partial charge is 0.396 e. The topological polar surface area (TPSA) is 83.7 Å². The van der Waals surface area contributed by atoms with Gasteiger partial charge in [0.15, 0.2) is 6.29 Å². The number of anilines is 1. The maximum atomic E-state index is 11.0. The lowest BCUT2D eigenvalue weighted by molar-refractivity contribution is -0.385. The normalized spacial score (nSPS) is 18.2. The van der Waals surface area contributed by atoms with E-state index in [9.17, 15) is 14.9 Å². The van der Waals surface area contributed by atoms with Gasteiger partial charge in [-0.1, -0.05) is 0 Å². The second-order valence-corrected chi connectivity index (χ2v) is 4.97. The first kappa shape index (κ1) is 14.5. The van der Waals surface area contributed by atoms with Gasteiger partial charge in [-0.05, 0) is 37.8 Å². The Labute approximate surface area is 117 Å². The molecule has 0 amide bonds. The lowest BCUT2D eigenvalue weighted by atomic mass is 10.1. The molecule has 2 rings (SSSR count). The van der Waals surface area contributed by atoms with Crippen molar-refractivity contribution in [3.05, 3.63) is 33.9 Å². The number of hydrogen-bond donors (Lipinski definition) is 1. The molecular formula is C14H18N2O4. The molecular weight excluding hydrogens is 260 g/mol. The van der Waals surface area contributed by atoms with Gasteiger partial charge in [-0.3, -0.25) is 14.9 Å². The average molecular weight is 278 g/mol. The van der Waals surface area contributed by atoms with Crippen LogP contribution >= 0.6 is 0 Å². The number of benzene rings is 1. The van der Waals surface area contributed by atoms with E-state index in [0.29, 0.717) is 12.3 Å². The van der Waals surface area contributed by atoms with Gasteiger partial charge in [-0.2, -0.15) is 0 Å². The number of aldehydes is 1. The van der Waals surface area contributed by atoms with Gasteiger partial charge in [0.25, 0.3) is 5.69 Å². The van der Waals surface area contributed by atoms with Gasteiger partial charge >= 0.3 is 0 Å². The van der Waals surface area contributed by atoms with E-state index >= 15 is 0 Å². The Balaban J connectivity index is 2.23. The molecule has 0 aliphatic carbocycles. The minimum Gasteiger partial charge on any atom is -0.396 e. The van der Waals surface area contributed by atoms with Crippen molar-refractivity contribution in [3.8, 4) is 0 Å². The van der Waals surface area contributed by atoms with Crippen LogP contribution in [0.5, 0.6) is 0 Å². The molecule has 0 radical (unpaired) electrons. The molecule has 1 N–H and O–H groups in total. The third-order valence-corrected chi connectivity index (χ3v) is 3.74. The Kier molecular flexibility index (Phi) is 4.68. The van der Waals surface area contributed by atoms with Crippen LogP contribution in [0.4, 0.5) is 11.4 Å². The van der Waals surface area contributed by atoms with Crippen LogP contribution < -0.4 is 4.90 Å². The lowest BCUT2D eigenvalue weighted by Crippen LogP contribution is -2.29. The highest BCUT2D eigenvalue weighted by atomic mass is 16.6. The smallest absolute Gasteiger partial charge is 0.280 e. The van der Waals surface area contributed by atoms with Crippen molar-refractivity contribution < 1.29 is 14.8 Å². The highest BCUT2D eigenvalue weighted by molar-refractivity contribution is 5.83. The second kappa shape index (κ2) is 6.47. The molecule has 1 saturated heterocycles. The summed E-state index contributed by atoms with van der Waals surface area (Å²) in [5.74, 6) is 0. The van der Waals surface area contributed by atoms with Gasteiger partial charge in [0.2, 0.25) is 0 Å². The van der Waals surface area contributed by atoms with E-state index in [0.717, 1.165) is 37.9 Å². The van der Waals surface area contributed by atoms with E-state index in [2.05, 4.69) is 4.90 Å². The van der Waals surface area contributed by atoms with Crippen LogP contribution in [0.15, 0.2) is 18.2 Å². The molecule has 1 heterocycles. The first-order chi connectivity index (χ1) is 9.67. The maximum Gasteiger partial charge on any atom is 0.280 e. The summed E-state index contributed by atoms with van der Waals surface area (Å²) in [6, 6.07) is 5.01. The Bertz CT molecular complexity index is 504. The molecule has 1 fully saturated rings. The van der Waals surface area contributed by atoms with Gasteiger partial charge in [0.1, 0.15) is 0 Å². The molecule has 0 saturated carbocycles. The Morgan fingerprint density at radius 1 is 1.50 bits per heavy atom. The van der Waals surface area contributed by atoms with Crippen LogP contribution in [-0.2, 0) is 0 Å². The summed E-state index contributed by atoms with van der Waals surface area (Å²) in [5.41, 5.74) is 0.799. The van der Waals surface area contributed by atoms with E-state index in [-0.39, 0.29) is 17.9 Å². The van der Waals surface area contributed by atoms with Crippen LogP contribution in [-0.4, -0.2) is 35.5 Å². The van der Waals surface area contributed by atoms with Gasteiger partial charge < -0.3 is 10.0 Å². The molecule has 0 bridgehead atoms. The maximum absolute atomic E-state index is 11.0. The number of aliphatic hydroxyl groups is 1. The minimum absolute atomic E-state index is 0.111. The van der Waals surface area contributed by atoms with E-state index in [1.807, 2.05) is 0 Å². The molecule has 20 heavy (non-hydrogen) atoms. The number of hydrogen-bond acceptors (Lipinski definition) is 5. The number of carbonyl (C=O) groups excluding carboxylic acids is 1. The molecule has 108 valence electrons. The summed E-state index contributed by atoms with van der Waals surface area (Å²) in [7, 11) is 0. The van der Waals surface area contributed by atoms with Gasteiger partial charge in [0, 0.05) is 30.9 Å². The van der Waals surface area contributed by atoms with Crippen molar-refractivity contribution in [2.24, 2.45) is 0 Å². The third kappa shape index (κ3) is 2.96. The number of rotatable bonds is 6. The number of nitro groups is 1.